The van der Waals surface area contributed by atoms with Gasteiger partial charge in [-0.2, -0.15) is 13.2 Å². The van der Waals surface area contributed by atoms with E-state index in [2.05, 4.69) is 15.3 Å². The normalized spacial score (nSPS) is 11.7. The topological polar surface area (TPSA) is 59.8 Å². The minimum atomic E-state index is -4.70. The second-order valence-electron chi connectivity index (χ2n) is 6.83. The molecule has 170 valence electrons. The number of carbonyl (C=O) groups is 1. The molecule has 2 aromatic carbocycles. The molecule has 0 radical (unpaired) electrons. The molecular formula is C22H15Cl2F3N4OS. The smallest absolute Gasteiger partial charge is 0.319 e. The van der Waals surface area contributed by atoms with Crippen LogP contribution in [0.2, 0.25) is 10.0 Å². The van der Waals surface area contributed by atoms with Crippen LogP contribution in [0.4, 0.5) is 18.9 Å². The van der Waals surface area contributed by atoms with Crippen LogP contribution in [0.15, 0.2) is 65.8 Å². The Morgan fingerprint density at radius 1 is 1.03 bits per heavy atom. The number of amides is 1. The summed E-state index contributed by atoms with van der Waals surface area (Å²) in [6, 6.07) is 14.5. The molecule has 0 aliphatic rings. The number of benzene rings is 2. The van der Waals surface area contributed by atoms with Crippen molar-refractivity contribution < 1.29 is 18.0 Å². The van der Waals surface area contributed by atoms with Crippen LogP contribution in [0.5, 0.6) is 0 Å². The number of pyridine rings is 1. The summed E-state index contributed by atoms with van der Waals surface area (Å²) in [6.07, 6.45) is -3.08. The standard InChI is InChI=1S/C22H15Cl2F3N4OS/c23-14-6-4-7-15(24)19(14)29-20(32)13-5-3-8-16-18(13)30-21(22(25,26)27)31(16)11-12-33-17-9-1-2-10-28-17/h1-10H,11-12H2,(H,29,32). The third-order valence-electron chi connectivity index (χ3n) is 4.68. The van der Waals surface area contributed by atoms with Gasteiger partial charge in [0.15, 0.2) is 0 Å². The molecule has 0 atom stereocenters. The Bertz CT molecular complexity index is 1290. The van der Waals surface area contributed by atoms with Gasteiger partial charge in [0, 0.05) is 18.5 Å². The zero-order valence-corrected chi connectivity index (χ0v) is 19.1. The molecule has 0 bridgehead atoms. The van der Waals surface area contributed by atoms with Crippen LogP contribution in [-0.2, 0) is 12.7 Å². The Hall–Kier alpha value is -2.75. The molecule has 4 aromatic rings. The molecule has 2 heterocycles. The van der Waals surface area contributed by atoms with Crippen LogP contribution in [0.25, 0.3) is 11.0 Å². The fraction of sp³-hybridized carbons (Fsp3) is 0.136. The number of imidazole rings is 1. The predicted octanol–water partition coefficient (Wildman–Crippen LogP) is 6.80. The van der Waals surface area contributed by atoms with E-state index in [0.717, 1.165) is 4.57 Å². The van der Waals surface area contributed by atoms with E-state index < -0.39 is 17.9 Å². The number of hydrogen-bond acceptors (Lipinski definition) is 4. The first kappa shape index (κ1) is 23.4. The van der Waals surface area contributed by atoms with Crippen LogP contribution < -0.4 is 5.32 Å². The third kappa shape index (κ3) is 5.10. The van der Waals surface area contributed by atoms with Gasteiger partial charge in [-0.25, -0.2) is 9.97 Å². The van der Waals surface area contributed by atoms with Gasteiger partial charge in [0.05, 0.1) is 31.8 Å². The van der Waals surface area contributed by atoms with E-state index in [4.69, 9.17) is 23.2 Å². The molecule has 5 nitrogen and oxygen atoms in total. The van der Waals surface area contributed by atoms with Gasteiger partial charge in [0.1, 0.15) is 5.52 Å². The number of anilines is 1. The lowest BCUT2D eigenvalue weighted by atomic mass is 10.1. The lowest BCUT2D eigenvalue weighted by Crippen LogP contribution is -2.16. The molecule has 11 heteroatoms. The Morgan fingerprint density at radius 2 is 1.76 bits per heavy atom. The van der Waals surface area contributed by atoms with Crippen molar-refractivity contribution in [1.82, 2.24) is 14.5 Å². The third-order valence-corrected chi connectivity index (χ3v) is 6.23. The van der Waals surface area contributed by atoms with Crippen molar-refractivity contribution in [3.63, 3.8) is 0 Å². The molecular weight excluding hydrogens is 496 g/mol. The van der Waals surface area contributed by atoms with Crippen molar-refractivity contribution >= 4 is 57.6 Å². The number of rotatable bonds is 6. The quantitative estimate of drug-likeness (QED) is 0.289. The first-order valence-electron chi connectivity index (χ1n) is 9.61. The lowest BCUT2D eigenvalue weighted by molar-refractivity contribution is -0.146. The van der Waals surface area contributed by atoms with Gasteiger partial charge in [-0.05, 0) is 36.4 Å². The zero-order chi connectivity index (χ0) is 23.6. The summed E-state index contributed by atoms with van der Waals surface area (Å²) >= 11 is 13.5. The van der Waals surface area contributed by atoms with Crippen molar-refractivity contribution in [3.8, 4) is 0 Å². The van der Waals surface area contributed by atoms with Gasteiger partial charge in [0.25, 0.3) is 5.91 Å². The first-order chi connectivity index (χ1) is 15.8. The molecule has 1 N–H and O–H groups in total. The second-order valence-corrected chi connectivity index (χ2v) is 8.75. The van der Waals surface area contributed by atoms with Gasteiger partial charge in [-0.1, -0.05) is 41.4 Å². The van der Waals surface area contributed by atoms with Crippen LogP contribution in [0.3, 0.4) is 0 Å². The van der Waals surface area contributed by atoms with Gasteiger partial charge in [-0.15, -0.1) is 11.8 Å². The SMILES string of the molecule is O=C(Nc1c(Cl)cccc1Cl)c1cccc2c1nc(C(F)(F)F)n2CCSc1ccccn1. The van der Waals surface area contributed by atoms with Crippen molar-refractivity contribution in [3.05, 3.63) is 82.2 Å². The van der Waals surface area contributed by atoms with Crippen molar-refractivity contribution in [2.24, 2.45) is 0 Å². The van der Waals surface area contributed by atoms with E-state index in [9.17, 15) is 18.0 Å². The highest BCUT2D eigenvalue weighted by atomic mass is 35.5. The fourth-order valence-corrected chi connectivity index (χ4v) is 4.53. The molecule has 0 saturated heterocycles. The number of hydrogen-bond donors (Lipinski definition) is 1. The summed E-state index contributed by atoms with van der Waals surface area (Å²) in [4.78, 5) is 20.9. The fourth-order valence-electron chi connectivity index (χ4n) is 3.25. The Balaban J connectivity index is 1.69. The van der Waals surface area contributed by atoms with E-state index in [-0.39, 0.29) is 38.9 Å². The summed E-state index contributed by atoms with van der Waals surface area (Å²) < 4.78 is 42.4. The molecule has 0 unspecified atom stereocenters. The number of thioether (sulfide) groups is 1. The average Bonchev–Trinajstić information content (AvgIpc) is 3.16. The largest absolute Gasteiger partial charge is 0.449 e. The Kier molecular flexibility index (Phi) is 6.83. The second kappa shape index (κ2) is 9.62. The highest BCUT2D eigenvalue weighted by molar-refractivity contribution is 7.99. The van der Waals surface area contributed by atoms with Gasteiger partial charge in [0.2, 0.25) is 5.82 Å². The number of aromatic nitrogens is 3. The highest BCUT2D eigenvalue weighted by Gasteiger charge is 2.38. The Morgan fingerprint density at radius 3 is 2.42 bits per heavy atom. The predicted molar refractivity (Wildman–Crippen MR) is 124 cm³/mol. The number of nitrogens with one attached hydrogen (secondary N) is 1. The zero-order valence-electron chi connectivity index (χ0n) is 16.7. The molecule has 0 spiro atoms. The first-order valence-corrected chi connectivity index (χ1v) is 11.4. The van der Waals surface area contributed by atoms with Crippen LogP contribution >= 0.6 is 35.0 Å². The Labute approximate surface area is 200 Å². The number of fused-ring (bicyclic) bond motifs is 1. The molecule has 0 fully saturated rings. The molecule has 1 amide bonds. The number of halogens is 5. The summed E-state index contributed by atoms with van der Waals surface area (Å²) in [5.41, 5.74) is 0.283. The maximum absolute atomic E-state index is 13.8. The van der Waals surface area contributed by atoms with E-state index >= 15 is 0 Å². The van der Waals surface area contributed by atoms with E-state index in [1.165, 1.54) is 30.0 Å². The summed E-state index contributed by atoms with van der Waals surface area (Å²) in [5.74, 6) is -1.41. The lowest BCUT2D eigenvalue weighted by Gasteiger charge is -2.11. The molecule has 33 heavy (non-hydrogen) atoms. The average molecular weight is 511 g/mol. The van der Waals surface area contributed by atoms with E-state index in [0.29, 0.717) is 10.8 Å². The van der Waals surface area contributed by atoms with Crippen molar-refractivity contribution in [1.29, 1.82) is 0 Å². The molecule has 2 aromatic heterocycles. The maximum Gasteiger partial charge on any atom is 0.449 e. The molecule has 0 aliphatic carbocycles. The summed E-state index contributed by atoms with van der Waals surface area (Å²) in [6.45, 7) is 0.0218. The highest BCUT2D eigenvalue weighted by Crippen LogP contribution is 2.34. The van der Waals surface area contributed by atoms with Crippen LogP contribution in [0, 0.1) is 0 Å². The van der Waals surface area contributed by atoms with Crippen LogP contribution in [-0.4, -0.2) is 26.2 Å². The molecule has 4 rings (SSSR count). The number of alkyl halides is 3. The summed E-state index contributed by atoms with van der Waals surface area (Å²) in [7, 11) is 0. The minimum absolute atomic E-state index is 0.0218. The van der Waals surface area contributed by atoms with Crippen molar-refractivity contribution in [2.75, 3.05) is 11.1 Å². The molecule has 0 saturated carbocycles. The van der Waals surface area contributed by atoms with Crippen molar-refractivity contribution in [2.45, 2.75) is 17.7 Å². The molecule has 0 aliphatic heterocycles. The minimum Gasteiger partial charge on any atom is -0.319 e. The number of para-hydroxylation sites is 2. The van der Waals surface area contributed by atoms with Gasteiger partial charge < -0.3 is 9.88 Å². The van der Waals surface area contributed by atoms with Gasteiger partial charge in [-0.3, -0.25) is 4.79 Å². The monoisotopic (exact) mass is 510 g/mol. The number of nitrogens with zero attached hydrogens (tertiary/aromatic N) is 3. The summed E-state index contributed by atoms with van der Waals surface area (Å²) in [5, 5.41) is 3.68. The van der Waals surface area contributed by atoms with E-state index in [1.807, 2.05) is 0 Å². The number of carbonyl (C=O) groups excluding carboxylic acids is 1. The van der Waals surface area contributed by atoms with Gasteiger partial charge >= 0.3 is 6.18 Å². The van der Waals surface area contributed by atoms with Crippen LogP contribution in [0.1, 0.15) is 16.2 Å². The number of aryl methyl sites for hydroxylation is 1. The maximum atomic E-state index is 13.8. The van der Waals surface area contributed by atoms with E-state index in [1.54, 1.807) is 42.6 Å².